The summed E-state index contributed by atoms with van der Waals surface area (Å²) in [6.45, 7) is 8.27. The molecule has 0 radical (unpaired) electrons. The number of halogens is 4. The molecule has 35 heavy (non-hydrogen) atoms. The van der Waals surface area contributed by atoms with Gasteiger partial charge in [0.05, 0.1) is 0 Å². The summed E-state index contributed by atoms with van der Waals surface area (Å²) in [7, 11) is 20.0. The van der Waals surface area contributed by atoms with Gasteiger partial charge in [-0.2, -0.15) is 0 Å². The first-order chi connectivity index (χ1) is 16.8. The molecule has 0 aromatic carbocycles. The van der Waals surface area contributed by atoms with Crippen molar-refractivity contribution in [2.75, 3.05) is 0 Å². The molecular weight excluding hydrogens is 701 g/mol. The molecule has 0 spiro atoms. The summed E-state index contributed by atoms with van der Waals surface area (Å²) in [5.41, 5.74) is 2.75. The van der Waals surface area contributed by atoms with Crippen LogP contribution in [-0.2, 0) is 11.9 Å². The Morgan fingerprint density at radius 1 is 0.571 bits per heavy atom. The van der Waals surface area contributed by atoms with Crippen molar-refractivity contribution in [1.82, 2.24) is 9.97 Å². The zero-order chi connectivity index (χ0) is 26.4. The Morgan fingerprint density at radius 3 is 1.00 bits per heavy atom. The van der Waals surface area contributed by atoms with Crippen molar-refractivity contribution in [2.45, 2.75) is 65.2 Å². The summed E-state index contributed by atoms with van der Waals surface area (Å²) in [5.74, 6) is 1.17. The molecule has 0 amide bonds. The third kappa shape index (κ3) is 20.9. The maximum atomic E-state index is 5.01. The van der Waals surface area contributed by atoms with Crippen molar-refractivity contribution < 1.29 is 11.9 Å². The molecule has 0 aliphatic rings. The first-order valence-electron chi connectivity index (χ1n) is 11.5. The van der Waals surface area contributed by atoms with E-state index >= 15 is 0 Å². The van der Waals surface area contributed by atoms with Gasteiger partial charge in [0.25, 0.3) is 0 Å². The van der Waals surface area contributed by atoms with Gasteiger partial charge in [0.15, 0.2) is 0 Å². The first-order valence-corrected chi connectivity index (χ1v) is 22.7. The molecule has 2 rings (SSSR count). The molecule has 0 saturated carbocycles. The van der Waals surface area contributed by atoms with Crippen LogP contribution in [-0.4, -0.2) is 9.97 Å². The molecule has 0 N–H and O–H groups in total. The quantitative estimate of drug-likeness (QED) is 0.227. The van der Waals surface area contributed by atoms with Crippen molar-refractivity contribution in [3.05, 3.63) is 109 Å². The van der Waals surface area contributed by atoms with E-state index in [0.717, 1.165) is 25.7 Å². The summed E-state index contributed by atoms with van der Waals surface area (Å²) in [6.07, 6.45) is 29.3. The van der Waals surface area contributed by atoms with Crippen LogP contribution in [0.1, 0.15) is 76.3 Å². The van der Waals surface area contributed by atoms with Gasteiger partial charge in [-0.25, -0.2) is 0 Å². The molecule has 2 nitrogen and oxygen atoms in total. The van der Waals surface area contributed by atoms with Gasteiger partial charge < -0.3 is 0 Å². The van der Waals surface area contributed by atoms with Crippen LogP contribution in [0, 0.1) is 0 Å². The average Bonchev–Trinajstić information content (AvgIpc) is 2.85. The molecule has 2 aromatic heterocycles. The van der Waals surface area contributed by atoms with Gasteiger partial charge in [-0.15, -0.1) is 0 Å². The standard InChI is InChI=1S/2C14H19N.4ClH.Pt/c2*1-3-5-7-13(8-6-4-2)14-9-11-15-12-10-14;;;;;/h2*3-6,9-13H,7-8H2,1-2H3;4*1H;/q;;;;;;+4/p-4. The minimum absolute atomic E-state index is 0.584. The van der Waals surface area contributed by atoms with Gasteiger partial charge in [0.1, 0.15) is 0 Å². The van der Waals surface area contributed by atoms with E-state index in [4.69, 9.17) is 37.7 Å². The van der Waals surface area contributed by atoms with Crippen molar-refractivity contribution in [2.24, 2.45) is 0 Å². The van der Waals surface area contributed by atoms with Crippen LogP contribution >= 0.6 is 37.7 Å². The van der Waals surface area contributed by atoms with E-state index in [1.165, 1.54) is 11.1 Å². The molecular formula is C28H38Cl4N2Pt. The van der Waals surface area contributed by atoms with Crippen LogP contribution in [0.4, 0.5) is 0 Å². The van der Waals surface area contributed by atoms with Gasteiger partial charge >= 0.3 is 49.6 Å². The Labute approximate surface area is 232 Å². The van der Waals surface area contributed by atoms with Crippen LogP contribution in [0.15, 0.2) is 97.7 Å². The van der Waals surface area contributed by atoms with E-state index in [2.05, 4.69) is 111 Å². The second kappa shape index (κ2) is 22.3. The number of pyridine rings is 2. The second-order valence-corrected chi connectivity index (χ2v) is 27.1. The van der Waals surface area contributed by atoms with Crippen molar-refractivity contribution >= 4 is 37.7 Å². The van der Waals surface area contributed by atoms with E-state index < -0.39 is 11.9 Å². The molecule has 0 atom stereocenters. The summed E-state index contributed by atoms with van der Waals surface area (Å²) in [5, 5.41) is 0. The summed E-state index contributed by atoms with van der Waals surface area (Å²) < 4.78 is 0. The number of hydrogen-bond acceptors (Lipinski definition) is 2. The SMILES string of the molecule is CC=CCC(CC=CC)c1ccncc1.CC=CCC(CC=CC)c1ccncc1.[Cl][Pt]([Cl])([Cl])[Cl]. The number of nitrogens with zero attached hydrogens (tertiary/aromatic N) is 2. The topological polar surface area (TPSA) is 25.8 Å². The number of aromatic nitrogens is 2. The minimum atomic E-state index is -3.06. The number of rotatable bonds is 10. The molecule has 0 aliphatic carbocycles. The van der Waals surface area contributed by atoms with Crippen molar-refractivity contribution in [3.63, 3.8) is 0 Å². The van der Waals surface area contributed by atoms with E-state index in [-0.39, 0.29) is 0 Å². The van der Waals surface area contributed by atoms with Gasteiger partial charge in [-0.05, 0) is 101 Å². The van der Waals surface area contributed by atoms with E-state index in [1.807, 2.05) is 24.8 Å². The van der Waals surface area contributed by atoms with Crippen LogP contribution in [0.25, 0.3) is 0 Å². The van der Waals surface area contributed by atoms with Crippen LogP contribution in [0.2, 0.25) is 0 Å². The zero-order valence-electron chi connectivity index (χ0n) is 20.9. The van der Waals surface area contributed by atoms with Crippen LogP contribution in [0.3, 0.4) is 0 Å². The number of allylic oxidation sites excluding steroid dienone is 8. The molecule has 0 unspecified atom stereocenters. The molecule has 198 valence electrons. The van der Waals surface area contributed by atoms with Crippen LogP contribution < -0.4 is 0 Å². The molecule has 2 aromatic rings. The maximum absolute atomic E-state index is 5.01. The summed E-state index contributed by atoms with van der Waals surface area (Å²) >= 11 is -3.06. The Morgan fingerprint density at radius 2 is 0.800 bits per heavy atom. The van der Waals surface area contributed by atoms with Crippen LogP contribution in [0.5, 0.6) is 0 Å². The van der Waals surface area contributed by atoms with Gasteiger partial charge in [-0.1, -0.05) is 48.6 Å². The van der Waals surface area contributed by atoms with Crippen molar-refractivity contribution in [3.8, 4) is 0 Å². The Hall–Kier alpha value is -0.892. The van der Waals surface area contributed by atoms with E-state index in [9.17, 15) is 0 Å². The molecule has 0 fully saturated rings. The second-order valence-electron chi connectivity index (χ2n) is 7.44. The monoisotopic (exact) mass is 737 g/mol. The third-order valence-corrected chi connectivity index (χ3v) is 4.98. The molecule has 2 heterocycles. The van der Waals surface area contributed by atoms with E-state index in [1.54, 1.807) is 0 Å². The Kier molecular flexibility index (Phi) is 21.7. The molecule has 7 heteroatoms. The Balaban J connectivity index is 0.000000555. The predicted octanol–water partition coefficient (Wildman–Crippen LogP) is 11.0. The molecule has 0 aliphatic heterocycles. The van der Waals surface area contributed by atoms with Gasteiger partial charge in [0, 0.05) is 24.8 Å². The summed E-state index contributed by atoms with van der Waals surface area (Å²) in [6, 6.07) is 8.44. The third-order valence-electron chi connectivity index (χ3n) is 4.98. The zero-order valence-corrected chi connectivity index (χ0v) is 26.2. The van der Waals surface area contributed by atoms with E-state index in [0.29, 0.717) is 11.8 Å². The average molecular weight is 740 g/mol. The molecule has 0 bridgehead atoms. The van der Waals surface area contributed by atoms with Crippen molar-refractivity contribution in [1.29, 1.82) is 0 Å². The normalized spacial score (nSPS) is 13.9. The predicted molar refractivity (Wildman–Crippen MR) is 155 cm³/mol. The fraction of sp³-hybridized carbons (Fsp3) is 0.357. The molecule has 0 saturated heterocycles. The summed E-state index contributed by atoms with van der Waals surface area (Å²) in [4.78, 5) is 8.10. The van der Waals surface area contributed by atoms with Gasteiger partial charge in [-0.3, -0.25) is 9.97 Å². The Bertz CT molecular complexity index is 762. The fourth-order valence-corrected chi connectivity index (χ4v) is 3.21. The first kappa shape index (κ1) is 34.1. The van der Waals surface area contributed by atoms with Gasteiger partial charge in [0.2, 0.25) is 0 Å². The number of hydrogen-bond donors (Lipinski definition) is 0. The fourth-order valence-electron chi connectivity index (χ4n) is 3.21.